The summed E-state index contributed by atoms with van der Waals surface area (Å²) in [7, 11) is -3.12. The number of ether oxygens (including phenoxy) is 1. The Morgan fingerprint density at radius 2 is 2.00 bits per heavy atom. The van der Waals surface area contributed by atoms with Crippen molar-refractivity contribution in [2.45, 2.75) is 5.38 Å². The van der Waals surface area contributed by atoms with E-state index >= 15 is 0 Å². The highest BCUT2D eigenvalue weighted by molar-refractivity contribution is 7.68. The van der Waals surface area contributed by atoms with Gasteiger partial charge >= 0.3 is 11.3 Å². The monoisotopic (exact) mass is 395 g/mol. The Bertz CT molecular complexity index is 821. The van der Waals surface area contributed by atoms with Crippen LogP contribution in [0.1, 0.15) is 5.89 Å². The maximum atomic E-state index is 14.5. The molecule has 0 saturated carbocycles. The fourth-order valence-corrected chi connectivity index (χ4v) is 4.65. The molecule has 25 heavy (non-hydrogen) atoms. The number of rotatable bonds is 4. The van der Waals surface area contributed by atoms with Crippen LogP contribution in [-0.2, 0) is 14.7 Å². The Balaban J connectivity index is 1.90. The Labute approximate surface area is 146 Å². The highest BCUT2D eigenvalue weighted by Crippen LogP contribution is 2.45. The van der Waals surface area contributed by atoms with E-state index in [4.69, 9.17) is 16.3 Å². The summed E-state index contributed by atoms with van der Waals surface area (Å²) < 4.78 is 64.7. The first-order chi connectivity index (χ1) is 11.7. The molecular weight excluding hydrogens is 382 g/mol. The number of benzene rings is 1. The van der Waals surface area contributed by atoms with Crippen molar-refractivity contribution in [1.29, 1.82) is 0 Å². The molecule has 0 bridgehead atoms. The Hall–Kier alpha value is -1.41. The topological polar surface area (TPSA) is 68.5 Å². The normalized spacial score (nSPS) is 18.9. The zero-order valence-corrected chi connectivity index (χ0v) is 14.7. The van der Waals surface area contributed by atoms with Crippen LogP contribution in [0.25, 0.3) is 11.4 Å². The van der Waals surface area contributed by atoms with Crippen LogP contribution in [0.15, 0.2) is 22.7 Å². The Morgan fingerprint density at radius 3 is 2.56 bits per heavy atom. The number of hydrogen-bond donors (Lipinski definition) is 0. The molecule has 2 aromatic rings. The molecule has 1 atom stereocenters. The van der Waals surface area contributed by atoms with Gasteiger partial charge in [-0.2, -0.15) is 13.8 Å². The van der Waals surface area contributed by atoms with Crippen LogP contribution in [0.5, 0.6) is 0 Å². The number of morpholine rings is 1. The molecule has 1 aliphatic heterocycles. The van der Waals surface area contributed by atoms with E-state index in [1.54, 1.807) is 4.67 Å². The average molecular weight is 396 g/mol. The first-order valence-corrected chi connectivity index (χ1v) is 9.80. The van der Waals surface area contributed by atoms with Gasteiger partial charge in [-0.1, -0.05) is 11.2 Å². The molecule has 6 nitrogen and oxygen atoms in total. The van der Waals surface area contributed by atoms with E-state index in [2.05, 4.69) is 14.7 Å². The van der Waals surface area contributed by atoms with Crippen molar-refractivity contribution in [3.05, 3.63) is 29.9 Å². The average Bonchev–Trinajstić information content (AvgIpc) is 3.05. The minimum atomic E-state index is -3.81. The first-order valence-electron chi connectivity index (χ1n) is 7.31. The third kappa shape index (κ3) is 3.74. The van der Waals surface area contributed by atoms with Gasteiger partial charge < -0.3 is 13.8 Å². The quantitative estimate of drug-likeness (QED) is 0.585. The van der Waals surface area contributed by atoms with Gasteiger partial charge in [0.05, 0.1) is 18.5 Å². The van der Waals surface area contributed by atoms with Crippen LogP contribution in [0, 0.1) is 5.82 Å². The summed E-state index contributed by atoms with van der Waals surface area (Å²) in [6, 6.07) is 3.78. The third-order valence-corrected chi connectivity index (χ3v) is 6.75. The van der Waals surface area contributed by atoms with Gasteiger partial charge in [0.25, 0.3) is 0 Å². The largest absolute Gasteiger partial charge is 0.400 e. The van der Waals surface area contributed by atoms with Crippen molar-refractivity contribution in [2.75, 3.05) is 33.0 Å². The van der Waals surface area contributed by atoms with Crippen molar-refractivity contribution in [3.63, 3.8) is 0 Å². The van der Waals surface area contributed by atoms with Crippen LogP contribution in [-0.4, -0.2) is 47.8 Å². The lowest BCUT2D eigenvalue weighted by Crippen LogP contribution is -2.37. The maximum Gasteiger partial charge on any atom is 0.400 e. The van der Waals surface area contributed by atoms with Gasteiger partial charge in [-0.05, 0) is 23.7 Å². The Kier molecular flexibility index (Phi) is 4.94. The highest BCUT2D eigenvalue weighted by Gasteiger charge is 2.36. The van der Waals surface area contributed by atoms with Gasteiger partial charge in [0.2, 0.25) is 5.82 Å². The molecule has 1 aliphatic rings. The van der Waals surface area contributed by atoms with Gasteiger partial charge in [0, 0.05) is 25.3 Å². The molecule has 1 aromatic heterocycles. The fourth-order valence-electron chi connectivity index (χ4n) is 2.53. The SMILES string of the molecule is CP(=O)(c1ccc(-c2noc(C(F)(F)Cl)n2)cc1F)N1CCOCC1. The van der Waals surface area contributed by atoms with Crippen LogP contribution in [0.3, 0.4) is 0 Å². The molecule has 0 N–H and O–H groups in total. The van der Waals surface area contributed by atoms with Crippen molar-refractivity contribution >= 4 is 24.2 Å². The van der Waals surface area contributed by atoms with E-state index in [0.29, 0.717) is 26.3 Å². The third-order valence-electron chi connectivity index (χ3n) is 3.85. The molecule has 11 heteroatoms. The van der Waals surface area contributed by atoms with Crippen LogP contribution in [0.4, 0.5) is 13.2 Å². The lowest BCUT2D eigenvalue weighted by atomic mass is 10.2. The lowest BCUT2D eigenvalue weighted by molar-refractivity contribution is 0.0551. The zero-order valence-electron chi connectivity index (χ0n) is 13.1. The second-order valence-corrected chi connectivity index (χ2v) is 8.81. The number of hydrogen-bond acceptors (Lipinski definition) is 5. The maximum absolute atomic E-state index is 14.5. The molecule has 136 valence electrons. The molecule has 0 amide bonds. The van der Waals surface area contributed by atoms with Gasteiger partial charge in [0.15, 0.2) is 7.29 Å². The first kappa shape index (κ1) is 18.4. The predicted molar refractivity (Wildman–Crippen MR) is 85.0 cm³/mol. The summed E-state index contributed by atoms with van der Waals surface area (Å²) in [6.07, 6.45) is 0. The van der Waals surface area contributed by atoms with E-state index in [1.165, 1.54) is 18.8 Å². The van der Waals surface area contributed by atoms with Crippen molar-refractivity contribution in [2.24, 2.45) is 0 Å². The van der Waals surface area contributed by atoms with E-state index < -0.39 is 24.4 Å². The molecule has 1 fully saturated rings. The summed E-state index contributed by atoms with van der Waals surface area (Å²) in [5, 5.41) is -0.398. The minimum Gasteiger partial charge on any atom is -0.379 e. The van der Waals surface area contributed by atoms with Crippen LogP contribution < -0.4 is 5.30 Å². The molecule has 1 aromatic carbocycles. The number of nitrogens with zero attached hydrogens (tertiary/aromatic N) is 3. The van der Waals surface area contributed by atoms with Crippen LogP contribution >= 0.6 is 18.9 Å². The van der Waals surface area contributed by atoms with Crippen molar-refractivity contribution in [1.82, 2.24) is 14.8 Å². The summed E-state index contributed by atoms with van der Waals surface area (Å²) in [6.45, 7) is 3.21. The smallest absolute Gasteiger partial charge is 0.379 e. The molecule has 1 unspecified atom stereocenters. The molecule has 1 saturated heterocycles. The summed E-state index contributed by atoms with van der Waals surface area (Å²) in [5.41, 5.74) is 0.110. The lowest BCUT2D eigenvalue weighted by Gasteiger charge is -2.32. The van der Waals surface area contributed by atoms with Crippen molar-refractivity contribution in [3.8, 4) is 11.4 Å². The Morgan fingerprint density at radius 1 is 1.32 bits per heavy atom. The number of alkyl halides is 3. The second-order valence-electron chi connectivity index (χ2n) is 5.53. The zero-order chi connectivity index (χ0) is 18.2. The second kappa shape index (κ2) is 6.72. The summed E-state index contributed by atoms with van der Waals surface area (Å²) in [4.78, 5) is 3.45. The molecule has 0 spiro atoms. The summed E-state index contributed by atoms with van der Waals surface area (Å²) >= 11 is 4.81. The van der Waals surface area contributed by atoms with Crippen molar-refractivity contribution < 1.29 is 27.0 Å². The van der Waals surface area contributed by atoms with Crippen LogP contribution in [0.2, 0.25) is 0 Å². The molecule has 3 rings (SSSR count). The van der Waals surface area contributed by atoms with E-state index in [-0.39, 0.29) is 16.7 Å². The van der Waals surface area contributed by atoms with Gasteiger partial charge in [0.1, 0.15) is 5.82 Å². The number of halogens is 4. The summed E-state index contributed by atoms with van der Waals surface area (Å²) in [5.74, 6) is -2.06. The molecule has 2 heterocycles. The van der Waals surface area contributed by atoms with E-state index in [1.807, 2.05) is 0 Å². The fraction of sp³-hybridized carbons (Fsp3) is 0.429. The van der Waals surface area contributed by atoms with Gasteiger partial charge in [-0.25, -0.2) is 9.06 Å². The van der Waals surface area contributed by atoms with E-state index in [0.717, 1.165) is 6.07 Å². The van der Waals surface area contributed by atoms with E-state index in [9.17, 15) is 17.7 Å². The number of aromatic nitrogens is 2. The van der Waals surface area contributed by atoms with Gasteiger partial charge in [-0.3, -0.25) is 0 Å². The minimum absolute atomic E-state index is 0.0459. The standard InChI is InChI=1S/C14H14ClF3N3O3P/c1-25(22,21-4-6-23-7-5-21)11-3-2-9(8-10(11)16)12-19-13(24-20-12)14(15,17)18/h2-3,8H,4-7H2,1H3. The molecule has 0 aliphatic carbocycles. The molecular formula is C14H14ClF3N3O3P. The molecule has 0 radical (unpaired) electrons. The van der Waals surface area contributed by atoms with Gasteiger partial charge in [-0.15, -0.1) is 0 Å². The highest BCUT2D eigenvalue weighted by atomic mass is 35.5. The predicted octanol–water partition coefficient (Wildman–Crippen LogP) is 3.03.